The number of ether oxygens (including phenoxy) is 1. The Hall–Kier alpha value is -1.30. The fraction of sp³-hybridized carbons (Fsp3) is 0.0714. The highest BCUT2D eigenvalue weighted by Crippen LogP contribution is 2.34. The average Bonchev–Trinajstić information content (AvgIpc) is 2.42. The lowest BCUT2D eigenvalue weighted by Gasteiger charge is -2.10. The van der Waals surface area contributed by atoms with Crippen LogP contribution in [0.2, 0.25) is 10.0 Å². The molecule has 0 aliphatic carbocycles. The Bertz CT molecular complexity index is 707. The molecule has 0 amide bonds. The first-order chi connectivity index (χ1) is 9.88. The van der Waals surface area contributed by atoms with Gasteiger partial charge >= 0.3 is 5.97 Å². The van der Waals surface area contributed by atoms with Gasteiger partial charge in [0.15, 0.2) is 0 Å². The van der Waals surface area contributed by atoms with Crippen LogP contribution in [0.25, 0.3) is 0 Å². The molecule has 0 atom stereocenters. The number of hydrogen-bond acceptors (Lipinski definition) is 2. The first kappa shape index (κ1) is 16.1. The summed E-state index contributed by atoms with van der Waals surface area (Å²) in [6.07, 6.45) is 0. The van der Waals surface area contributed by atoms with E-state index in [-0.39, 0.29) is 6.61 Å². The van der Waals surface area contributed by atoms with E-state index in [9.17, 15) is 9.18 Å². The van der Waals surface area contributed by atoms with Gasteiger partial charge in [-0.2, -0.15) is 0 Å². The fourth-order valence-corrected chi connectivity index (χ4v) is 2.45. The maximum atomic E-state index is 13.3. The topological polar surface area (TPSA) is 46.5 Å². The number of carboxylic acid groups (broad SMARTS) is 1. The highest BCUT2D eigenvalue weighted by molar-refractivity contribution is 9.10. The minimum atomic E-state index is -1.33. The number of carbonyl (C=O) groups is 1. The number of rotatable bonds is 4. The van der Waals surface area contributed by atoms with Gasteiger partial charge in [-0.15, -0.1) is 0 Å². The molecule has 3 nitrogen and oxygen atoms in total. The number of aromatic carboxylic acids is 1. The molecule has 7 heteroatoms. The van der Waals surface area contributed by atoms with Gasteiger partial charge in [-0.05, 0) is 39.7 Å². The third-order valence-corrected chi connectivity index (χ3v) is 4.12. The molecule has 0 heterocycles. The number of halogens is 4. The summed E-state index contributed by atoms with van der Waals surface area (Å²) in [6, 6.07) is 6.86. The van der Waals surface area contributed by atoms with Crippen molar-refractivity contribution in [1.29, 1.82) is 0 Å². The van der Waals surface area contributed by atoms with E-state index in [1.807, 2.05) is 0 Å². The van der Waals surface area contributed by atoms with Crippen molar-refractivity contribution in [3.8, 4) is 5.75 Å². The van der Waals surface area contributed by atoms with Crippen LogP contribution in [-0.2, 0) is 6.61 Å². The average molecular weight is 394 g/mol. The first-order valence-electron chi connectivity index (χ1n) is 5.67. The third kappa shape index (κ3) is 3.87. The van der Waals surface area contributed by atoms with Crippen LogP contribution in [0.4, 0.5) is 4.39 Å². The number of hydrogen-bond donors (Lipinski definition) is 1. The summed E-state index contributed by atoms with van der Waals surface area (Å²) in [5.41, 5.74) is 0.0972. The van der Waals surface area contributed by atoms with E-state index in [1.165, 1.54) is 18.2 Å². The van der Waals surface area contributed by atoms with Crippen molar-refractivity contribution in [1.82, 2.24) is 0 Å². The largest absolute Gasteiger partial charge is 0.487 e. The highest BCUT2D eigenvalue weighted by Gasteiger charge is 2.12. The Balaban J connectivity index is 2.19. The molecule has 0 unspecified atom stereocenters. The molecule has 0 spiro atoms. The predicted molar refractivity (Wildman–Crippen MR) is 81.9 cm³/mol. The van der Waals surface area contributed by atoms with E-state index in [2.05, 4.69) is 15.9 Å². The molecule has 0 fully saturated rings. The minimum absolute atomic E-state index is 0.0399. The van der Waals surface area contributed by atoms with Gasteiger partial charge in [0, 0.05) is 10.5 Å². The Morgan fingerprint density at radius 1 is 1.24 bits per heavy atom. The molecule has 2 rings (SSSR count). The van der Waals surface area contributed by atoms with Gasteiger partial charge in [-0.3, -0.25) is 0 Å². The third-order valence-electron chi connectivity index (χ3n) is 2.63. The van der Waals surface area contributed by atoms with Crippen LogP contribution in [0.5, 0.6) is 5.75 Å². The van der Waals surface area contributed by atoms with Gasteiger partial charge in [0.25, 0.3) is 0 Å². The van der Waals surface area contributed by atoms with E-state index in [0.717, 1.165) is 6.07 Å². The smallest absolute Gasteiger partial charge is 0.338 e. The monoisotopic (exact) mass is 392 g/mol. The molecule has 0 aliphatic heterocycles. The molecule has 0 aromatic heterocycles. The van der Waals surface area contributed by atoms with Crippen molar-refractivity contribution in [3.63, 3.8) is 0 Å². The Morgan fingerprint density at radius 2 is 1.95 bits per heavy atom. The van der Waals surface area contributed by atoms with Crippen molar-refractivity contribution < 1.29 is 19.0 Å². The predicted octanol–water partition coefficient (Wildman–Crippen LogP) is 5.17. The van der Waals surface area contributed by atoms with E-state index in [1.54, 1.807) is 6.07 Å². The molecule has 1 N–H and O–H groups in total. The molecule has 0 aliphatic rings. The van der Waals surface area contributed by atoms with Gasteiger partial charge in [0.2, 0.25) is 0 Å². The number of benzene rings is 2. The molecule has 2 aromatic rings. The summed E-state index contributed by atoms with van der Waals surface area (Å²) in [6.45, 7) is 0.0399. The summed E-state index contributed by atoms with van der Waals surface area (Å²) in [7, 11) is 0. The zero-order chi connectivity index (χ0) is 15.6. The lowest BCUT2D eigenvalue weighted by molar-refractivity contribution is 0.0691. The van der Waals surface area contributed by atoms with Crippen LogP contribution in [0.3, 0.4) is 0 Å². The highest BCUT2D eigenvalue weighted by atomic mass is 79.9. The second kappa shape index (κ2) is 6.64. The molecule has 0 saturated carbocycles. The zero-order valence-electron chi connectivity index (χ0n) is 10.4. The van der Waals surface area contributed by atoms with E-state index < -0.39 is 17.3 Å². The molecule has 110 valence electrons. The van der Waals surface area contributed by atoms with Crippen LogP contribution in [0.15, 0.2) is 34.8 Å². The maximum absolute atomic E-state index is 13.3. The Labute approximate surface area is 138 Å². The van der Waals surface area contributed by atoms with Crippen LogP contribution in [0, 0.1) is 5.82 Å². The molecule has 0 radical (unpaired) electrons. The van der Waals surface area contributed by atoms with Crippen molar-refractivity contribution >= 4 is 45.1 Å². The van der Waals surface area contributed by atoms with Gasteiger partial charge in [-0.1, -0.05) is 29.3 Å². The van der Waals surface area contributed by atoms with Crippen molar-refractivity contribution in [3.05, 3.63) is 61.8 Å². The Morgan fingerprint density at radius 3 is 2.62 bits per heavy atom. The van der Waals surface area contributed by atoms with Crippen LogP contribution < -0.4 is 4.74 Å². The van der Waals surface area contributed by atoms with E-state index in [4.69, 9.17) is 33.0 Å². The molecular formula is C14H8BrCl2FO3. The standard InChI is InChI=1S/C14H8BrCl2FO3/c15-9-4-11(17)13(5-10(9)16)21-6-7-1-2-12(18)8(3-7)14(19)20/h1-5H,6H2,(H,19,20). The van der Waals surface area contributed by atoms with Gasteiger partial charge in [0.1, 0.15) is 18.2 Å². The summed E-state index contributed by atoms with van der Waals surface area (Å²) in [5, 5.41) is 9.65. The van der Waals surface area contributed by atoms with Gasteiger partial charge in [0.05, 0.1) is 15.6 Å². The lowest BCUT2D eigenvalue weighted by atomic mass is 10.1. The van der Waals surface area contributed by atoms with Crippen LogP contribution in [-0.4, -0.2) is 11.1 Å². The maximum Gasteiger partial charge on any atom is 0.338 e. The van der Waals surface area contributed by atoms with E-state index >= 15 is 0 Å². The quantitative estimate of drug-likeness (QED) is 0.728. The van der Waals surface area contributed by atoms with Crippen LogP contribution >= 0.6 is 39.1 Å². The molecule has 0 bridgehead atoms. The summed E-state index contributed by atoms with van der Waals surface area (Å²) in [5.74, 6) is -1.78. The van der Waals surface area contributed by atoms with Crippen LogP contribution in [0.1, 0.15) is 15.9 Å². The van der Waals surface area contributed by atoms with Crippen molar-refractivity contribution in [2.45, 2.75) is 6.61 Å². The molecule has 0 saturated heterocycles. The Kier molecular flexibility index (Phi) is 5.08. The second-order valence-electron chi connectivity index (χ2n) is 4.10. The van der Waals surface area contributed by atoms with E-state index in [0.29, 0.717) is 25.8 Å². The van der Waals surface area contributed by atoms with Crippen molar-refractivity contribution in [2.24, 2.45) is 0 Å². The molecular weight excluding hydrogens is 386 g/mol. The second-order valence-corrected chi connectivity index (χ2v) is 5.77. The van der Waals surface area contributed by atoms with Gasteiger partial charge < -0.3 is 9.84 Å². The zero-order valence-corrected chi connectivity index (χ0v) is 13.5. The van der Waals surface area contributed by atoms with Crippen molar-refractivity contribution in [2.75, 3.05) is 0 Å². The summed E-state index contributed by atoms with van der Waals surface area (Å²) in [4.78, 5) is 10.9. The molecule has 21 heavy (non-hydrogen) atoms. The lowest BCUT2D eigenvalue weighted by Crippen LogP contribution is -2.03. The van der Waals surface area contributed by atoms with Gasteiger partial charge in [-0.25, -0.2) is 9.18 Å². The SMILES string of the molecule is O=C(O)c1cc(COc2cc(Cl)c(Br)cc2Cl)ccc1F. The number of carboxylic acids is 1. The minimum Gasteiger partial charge on any atom is -0.487 e. The normalized spacial score (nSPS) is 10.5. The summed E-state index contributed by atoms with van der Waals surface area (Å²) < 4.78 is 19.4. The first-order valence-corrected chi connectivity index (χ1v) is 7.22. The summed E-state index contributed by atoms with van der Waals surface area (Å²) >= 11 is 15.2. The fourth-order valence-electron chi connectivity index (χ4n) is 1.60. The molecule has 2 aromatic carbocycles.